The molecule has 0 bridgehead atoms. The number of methoxy groups -OCH3 is 1. The maximum absolute atomic E-state index is 6.24. The summed E-state index contributed by atoms with van der Waals surface area (Å²) in [6, 6.07) is 9.83. The van der Waals surface area contributed by atoms with Gasteiger partial charge in [0, 0.05) is 7.11 Å². The summed E-state index contributed by atoms with van der Waals surface area (Å²) < 4.78 is 35.0. The predicted molar refractivity (Wildman–Crippen MR) is 129 cm³/mol. The normalized spacial score (nSPS) is 14.4. The molecule has 0 aliphatic rings. The van der Waals surface area contributed by atoms with Crippen molar-refractivity contribution in [1.82, 2.24) is 0 Å². The Labute approximate surface area is 195 Å². The monoisotopic (exact) mass is 454 g/mol. The molecular weight excluding hydrogens is 408 g/mol. The van der Waals surface area contributed by atoms with Crippen molar-refractivity contribution in [1.29, 1.82) is 0 Å². The van der Waals surface area contributed by atoms with Crippen LogP contribution in [0, 0.1) is 0 Å². The molecule has 0 amide bonds. The second-order valence-electron chi connectivity index (χ2n) is 8.22. The van der Waals surface area contributed by atoms with Gasteiger partial charge in [-0.1, -0.05) is 38.5 Å². The summed E-state index contributed by atoms with van der Waals surface area (Å²) in [6.07, 6.45) is 5.23. The standard InChI is InChI=1S/C26H46O6/c1-6-11-25(31-15-14-27-5)21-26(32-17-16-28-22(3)4)20-23(7-2)29-18-19-30-24-12-9-8-10-13-24/h8-10,12-13,22-23,25-26H,6-7,11,14-21H2,1-5H3. The lowest BCUT2D eigenvalue weighted by Crippen LogP contribution is -2.30. The highest BCUT2D eigenvalue weighted by molar-refractivity contribution is 5.20. The van der Waals surface area contributed by atoms with E-state index in [0.717, 1.165) is 37.9 Å². The van der Waals surface area contributed by atoms with Crippen molar-refractivity contribution in [3.63, 3.8) is 0 Å². The molecule has 0 radical (unpaired) electrons. The Morgan fingerprint density at radius 1 is 0.688 bits per heavy atom. The molecule has 1 rings (SSSR count). The first-order valence-electron chi connectivity index (χ1n) is 12.2. The molecule has 0 N–H and O–H groups in total. The molecule has 6 heteroatoms. The average Bonchev–Trinajstić information content (AvgIpc) is 2.79. The fourth-order valence-corrected chi connectivity index (χ4v) is 3.45. The number of para-hydroxylation sites is 1. The second-order valence-corrected chi connectivity index (χ2v) is 8.22. The van der Waals surface area contributed by atoms with Gasteiger partial charge in [-0.15, -0.1) is 0 Å². The lowest BCUT2D eigenvalue weighted by molar-refractivity contribution is -0.0731. The molecule has 0 heterocycles. The Morgan fingerprint density at radius 3 is 1.94 bits per heavy atom. The summed E-state index contributed by atoms with van der Waals surface area (Å²) in [5.74, 6) is 0.867. The summed E-state index contributed by atoms with van der Waals surface area (Å²) in [6.45, 7) is 11.9. The summed E-state index contributed by atoms with van der Waals surface area (Å²) in [7, 11) is 1.70. The minimum atomic E-state index is 0.0600. The summed E-state index contributed by atoms with van der Waals surface area (Å²) >= 11 is 0. The predicted octanol–water partition coefficient (Wildman–Crippen LogP) is 5.28. The summed E-state index contributed by atoms with van der Waals surface area (Å²) in [5, 5.41) is 0. The van der Waals surface area contributed by atoms with Crippen LogP contribution in [0.15, 0.2) is 30.3 Å². The minimum absolute atomic E-state index is 0.0600. The van der Waals surface area contributed by atoms with E-state index in [1.165, 1.54) is 0 Å². The van der Waals surface area contributed by atoms with Crippen molar-refractivity contribution < 1.29 is 28.4 Å². The van der Waals surface area contributed by atoms with E-state index in [2.05, 4.69) is 13.8 Å². The van der Waals surface area contributed by atoms with Crippen LogP contribution in [-0.2, 0) is 23.7 Å². The van der Waals surface area contributed by atoms with E-state index in [4.69, 9.17) is 28.4 Å². The van der Waals surface area contributed by atoms with Crippen LogP contribution in [0.3, 0.4) is 0 Å². The van der Waals surface area contributed by atoms with E-state index in [9.17, 15) is 0 Å². The molecule has 32 heavy (non-hydrogen) atoms. The number of hydrogen-bond donors (Lipinski definition) is 0. The average molecular weight is 455 g/mol. The zero-order chi connectivity index (χ0) is 23.4. The highest BCUT2D eigenvalue weighted by Gasteiger charge is 2.21. The van der Waals surface area contributed by atoms with Gasteiger partial charge in [0.1, 0.15) is 12.4 Å². The Hall–Kier alpha value is -1.18. The van der Waals surface area contributed by atoms with Gasteiger partial charge >= 0.3 is 0 Å². The molecule has 6 nitrogen and oxygen atoms in total. The van der Waals surface area contributed by atoms with Crippen molar-refractivity contribution in [3.05, 3.63) is 30.3 Å². The van der Waals surface area contributed by atoms with E-state index in [1.807, 2.05) is 44.2 Å². The van der Waals surface area contributed by atoms with Gasteiger partial charge in [-0.2, -0.15) is 0 Å². The van der Waals surface area contributed by atoms with Crippen LogP contribution in [0.5, 0.6) is 5.75 Å². The zero-order valence-electron chi connectivity index (χ0n) is 20.9. The van der Waals surface area contributed by atoms with Gasteiger partial charge < -0.3 is 28.4 Å². The maximum atomic E-state index is 6.24. The van der Waals surface area contributed by atoms with E-state index in [1.54, 1.807) is 7.11 Å². The van der Waals surface area contributed by atoms with Crippen LogP contribution in [0.1, 0.15) is 59.8 Å². The van der Waals surface area contributed by atoms with Gasteiger partial charge in [0.05, 0.1) is 57.5 Å². The molecule has 3 unspecified atom stereocenters. The first-order chi connectivity index (χ1) is 15.6. The maximum Gasteiger partial charge on any atom is 0.119 e. The molecule has 0 fully saturated rings. The topological polar surface area (TPSA) is 55.4 Å². The van der Waals surface area contributed by atoms with Gasteiger partial charge in [-0.3, -0.25) is 0 Å². The quantitative estimate of drug-likeness (QED) is 0.236. The van der Waals surface area contributed by atoms with Gasteiger partial charge in [0.25, 0.3) is 0 Å². The number of rotatable bonds is 21. The molecule has 0 spiro atoms. The van der Waals surface area contributed by atoms with Gasteiger partial charge in [-0.25, -0.2) is 0 Å². The van der Waals surface area contributed by atoms with Gasteiger partial charge in [0.15, 0.2) is 0 Å². The Bertz CT molecular complexity index is 524. The Kier molecular flexibility index (Phi) is 17.4. The first kappa shape index (κ1) is 28.9. The van der Waals surface area contributed by atoms with Crippen molar-refractivity contribution in [2.45, 2.75) is 84.2 Å². The lowest BCUT2D eigenvalue weighted by atomic mass is 10.0. The van der Waals surface area contributed by atoms with Crippen LogP contribution >= 0.6 is 0 Å². The molecule has 186 valence electrons. The second kappa shape index (κ2) is 19.3. The molecule has 1 aromatic rings. The molecule has 0 saturated carbocycles. The van der Waals surface area contributed by atoms with Crippen LogP contribution in [0.2, 0.25) is 0 Å². The smallest absolute Gasteiger partial charge is 0.119 e. The first-order valence-corrected chi connectivity index (χ1v) is 12.2. The van der Waals surface area contributed by atoms with Crippen LogP contribution in [0.4, 0.5) is 0 Å². The number of ether oxygens (including phenoxy) is 6. The van der Waals surface area contributed by atoms with Crippen LogP contribution < -0.4 is 4.74 Å². The van der Waals surface area contributed by atoms with Crippen molar-refractivity contribution >= 4 is 0 Å². The third-order valence-electron chi connectivity index (χ3n) is 5.10. The molecule has 1 aromatic carbocycles. The molecule has 0 aromatic heterocycles. The molecule has 0 saturated heterocycles. The van der Waals surface area contributed by atoms with Crippen LogP contribution in [-0.4, -0.2) is 71.2 Å². The molecule has 3 atom stereocenters. The summed E-state index contributed by atoms with van der Waals surface area (Å²) in [4.78, 5) is 0. The van der Waals surface area contributed by atoms with Crippen molar-refractivity contribution in [2.24, 2.45) is 0 Å². The molecule has 0 aliphatic heterocycles. The van der Waals surface area contributed by atoms with Crippen molar-refractivity contribution in [3.8, 4) is 5.75 Å². The Morgan fingerprint density at radius 2 is 1.28 bits per heavy atom. The third kappa shape index (κ3) is 14.8. The lowest BCUT2D eigenvalue weighted by Gasteiger charge is -2.27. The highest BCUT2D eigenvalue weighted by Crippen LogP contribution is 2.19. The molecular formula is C26H46O6. The van der Waals surface area contributed by atoms with E-state index in [0.29, 0.717) is 39.6 Å². The Balaban J connectivity index is 2.54. The van der Waals surface area contributed by atoms with Crippen LogP contribution in [0.25, 0.3) is 0 Å². The van der Waals surface area contributed by atoms with E-state index < -0.39 is 0 Å². The number of benzene rings is 1. The van der Waals surface area contributed by atoms with Gasteiger partial charge in [0.2, 0.25) is 0 Å². The zero-order valence-corrected chi connectivity index (χ0v) is 20.9. The fraction of sp³-hybridized carbons (Fsp3) is 0.769. The van der Waals surface area contributed by atoms with E-state index >= 15 is 0 Å². The fourth-order valence-electron chi connectivity index (χ4n) is 3.45. The highest BCUT2D eigenvalue weighted by atomic mass is 16.5. The largest absolute Gasteiger partial charge is 0.491 e. The number of hydrogen-bond acceptors (Lipinski definition) is 6. The van der Waals surface area contributed by atoms with Crippen molar-refractivity contribution in [2.75, 3.05) is 46.8 Å². The third-order valence-corrected chi connectivity index (χ3v) is 5.10. The SMILES string of the molecule is CCCC(CC(CC(CC)OCCOc1ccccc1)OCCOC(C)C)OCCOC. The molecule has 0 aliphatic carbocycles. The van der Waals surface area contributed by atoms with E-state index in [-0.39, 0.29) is 24.4 Å². The summed E-state index contributed by atoms with van der Waals surface area (Å²) in [5.41, 5.74) is 0. The minimum Gasteiger partial charge on any atom is -0.491 e. The van der Waals surface area contributed by atoms with Gasteiger partial charge in [-0.05, 0) is 51.7 Å².